The minimum atomic E-state index is -1.39. The van der Waals surface area contributed by atoms with Gasteiger partial charge in [-0.15, -0.1) is 0 Å². The van der Waals surface area contributed by atoms with Crippen LogP contribution in [0.4, 0.5) is 0 Å². The molecule has 144 valence electrons. The normalized spacial score (nSPS) is 50.8. The van der Waals surface area contributed by atoms with E-state index in [1.165, 1.54) is 0 Å². The fourth-order valence-electron chi connectivity index (χ4n) is 7.43. The van der Waals surface area contributed by atoms with Crippen LogP contribution >= 0.6 is 15.9 Å². The van der Waals surface area contributed by atoms with Gasteiger partial charge in [-0.3, -0.25) is 14.4 Å². The number of halogens is 1. The van der Waals surface area contributed by atoms with Gasteiger partial charge >= 0.3 is 0 Å². The molecule has 0 unspecified atom stereocenters. The molecule has 5 heteroatoms. The zero-order valence-electron chi connectivity index (χ0n) is 15.7. The third-order valence-corrected chi connectivity index (χ3v) is 9.41. The summed E-state index contributed by atoms with van der Waals surface area (Å²) < 4.78 is 0. The van der Waals surface area contributed by atoms with Gasteiger partial charge in [-0.2, -0.15) is 0 Å². The lowest BCUT2D eigenvalue weighted by atomic mass is 9.44. The lowest BCUT2D eigenvalue weighted by Gasteiger charge is -2.59. The van der Waals surface area contributed by atoms with Crippen LogP contribution in [0.5, 0.6) is 0 Å². The smallest absolute Gasteiger partial charge is 0.175 e. The molecule has 0 bridgehead atoms. The number of ketones is 3. The number of fused-ring (bicyclic) bond motifs is 5. The van der Waals surface area contributed by atoms with Crippen molar-refractivity contribution in [3.8, 4) is 0 Å². The van der Waals surface area contributed by atoms with Crippen molar-refractivity contribution in [2.24, 2.45) is 34.5 Å². The second-order valence-electron chi connectivity index (χ2n) is 9.79. The molecule has 0 amide bonds. The molecule has 26 heavy (non-hydrogen) atoms. The lowest BCUT2D eigenvalue weighted by Crippen LogP contribution is -2.61. The Morgan fingerprint density at radius 1 is 1.19 bits per heavy atom. The molecule has 0 aromatic carbocycles. The summed E-state index contributed by atoms with van der Waals surface area (Å²) in [7, 11) is 0. The number of hydrogen-bond donors (Lipinski definition) is 1. The molecule has 4 nitrogen and oxygen atoms in total. The predicted molar refractivity (Wildman–Crippen MR) is 101 cm³/mol. The van der Waals surface area contributed by atoms with Gasteiger partial charge in [0.05, 0.1) is 5.33 Å². The number of carbonyl (C=O) groups is 3. The van der Waals surface area contributed by atoms with Crippen molar-refractivity contribution in [2.75, 3.05) is 5.33 Å². The molecule has 0 radical (unpaired) electrons. The number of rotatable bonds is 2. The van der Waals surface area contributed by atoms with Crippen LogP contribution in [0.15, 0.2) is 0 Å². The van der Waals surface area contributed by atoms with Gasteiger partial charge in [0.15, 0.2) is 5.78 Å². The Balaban J connectivity index is 1.71. The van der Waals surface area contributed by atoms with E-state index < -0.39 is 11.0 Å². The quantitative estimate of drug-likeness (QED) is 0.688. The summed E-state index contributed by atoms with van der Waals surface area (Å²) in [5.74, 6) is 1.16. The largest absolute Gasteiger partial charge is 0.381 e. The van der Waals surface area contributed by atoms with Crippen molar-refractivity contribution in [3.63, 3.8) is 0 Å². The maximum absolute atomic E-state index is 13.4. The van der Waals surface area contributed by atoms with E-state index in [0.29, 0.717) is 37.4 Å². The second-order valence-corrected chi connectivity index (χ2v) is 10.3. The van der Waals surface area contributed by atoms with Crippen molar-refractivity contribution in [1.29, 1.82) is 0 Å². The number of hydrogen-bond acceptors (Lipinski definition) is 4. The van der Waals surface area contributed by atoms with Crippen molar-refractivity contribution < 1.29 is 19.5 Å². The minimum Gasteiger partial charge on any atom is -0.381 e. The van der Waals surface area contributed by atoms with Gasteiger partial charge in [0, 0.05) is 30.6 Å². The third-order valence-electron chi connectivity index (χ3n) is 8.90. The highest BCUT2D eigenvalue weighted by molar-refractivity contribution is 9.09. The summed E-state index contributed by atoms with van der Waals surface area (Å²) >= 11 is 3.22. The van der Waals surface area contributed by atoms with Crippen LogP contribution in [0.2, 0.25) is 0 Å². The first-order valence-corrected chi connectivity index (χ1v) is 11.2. The standard InChI is InChI=1S/C21H29BrO4/c1-19-7-5-13(23)9-12(19)3-4-14-15-6-8-21(26,17(25)11-22)20(15,2)10-16(24)18(14)19/h12,14-15,18,26H,3-11H2,1-2H3/t12-,14+,15+,18-,19+,20+,21+/m1/s1. The second kappa shape index (κ2) is 5.97. The molecule has 1 N–H and O–H groups in total. The number of carbonyl (C=O) groups excluding carboxylic acids is 3. The Kier molecular flexibility index (Phi) is 4.32. The maximum Gasteiger partial charge on any atom is 0.175 e. The maximum atomic E-state index is 13.4. The molecule has 0 aliphatic heterocycles. The summed E-state index contributed by atoms with van der Waals surface area (Å²) in [5.41, 5.74) is -2.12. The first-order valence-electron chi connectivity index (χ1n) is 10.0. The Hall–Kier alpha value is -0.550. The Labute approximate surface area is 163 Å². The highest BCUT2D eigenvalue weighted by atomic mass is 79.9. The molecular formula is C21H29BrO4. The SMILES string of the molecule is C[C@]12CCC(=O)C[C@H]1CC[C@@H]1[C@@H]2C(=O)C[C@@]2(C)[C@H]1CC[C@]2(O)C(=O)CBr. The van der Waals surface area contributed by atoms with Crippen molar-refractivity contribution >= 4 is 33.3 Å². The third kappa shape index (κ3) is 2.25. The molecule has 0 heterocycles. The molecule has 0 aromatic heterocycles. The van der Waals surface area contributed by atoms with Crippen LogP contribution in [0.25, 0.3) is 0 Å². The van der Waals surface area contributed by atoms with Crippen LogP contribution in [0, 0.1) is 34.5 Å². The van der Waals surface area contributed by atoms with Gasteiger partial charge in [0.1, 0.15) is 17.2 Å². The van der Waals surface area contributed by atoms with Gasteiger partial charge < -0.3 is 5.11 Å². The van der Waals surface area contributed by atoms with Gasteiger partial charge in [-0.05, 0) is 55.3 Å². The Morgan fingerprint density at radius 2 is 1.92 bits per heavy atom. The van der Waals surface area contributed by atoms with Crippen molar-refractivity contribution in [3.05, 3.63) is 0 Å². The summed E-state index contributed by atoms with van der Waals surface area (Å²) in [4.78, 5) is 37.9. The number of aliphatic hydroxyl groups is 1. The van der Waals surface area contributed by atoms with Crippen LogP contribution in [-0.4, -0.2) is 33.4 Å². The lowest BCUT2D eigenvalue weighted by molar-refractivity contribution is -0.176. The first kappa shape index (κ1) is 18.8. The predicted octanol–water partition coefficient (Wildman–Crippen LogP) is 3.47. The number of Topliss-reactive ketones (excluding diaryl/α,β-unsaturated/α-hetero) is 3. The zero-order chi connectivity index (χ0) is 18.9. The van der Waals surface area contributed by atoms with Crippen LogP contribution in [0.3, 0.4) is 0 Å². The summed E-state index contributed by atoms with van der Waals surface area (Å²) in [6.07, 6.45) is 5.56. The Morgan fingerprint density at radius 3 is 2.62 bits per heavy atom. The summed E-state index contributed by atoms with van der Waals surface area (Å²) in [6.45, 7) is 4.20. The van der Waals surface area contributed by atoms with E-state index in [1.807, 2.05) is 6.92 Å². The van der Waals surface area contributed by atoms with E-state index in [4.69, 9.17) is 0 Å². The molecule has 7 atom stereocenters. The van der Waals surface area contributed by atoms with E-state index in [-0.39, 0.29) is 40.1 Å². The molecule has 4 aliphatic carbocycles. The van der Waals surface area contributed by atoms with E-state index >= 15 is 0 Å². The van der Waals surface area contributed by atoms with Gasteiger partial charge in [-0.25, -0.2) is 0 Å². The molecule has 4 fully saturated rings. The Bertz CT molecular complexity index is 675. The molecule has 0 saturated heterocycles. The molecule has 0 aromatic rings. The van der Waals surface area contributed by atoms with E-state index in [9.17, 15) is 19.5 Å². The molecule has 4 rings (SSSR count). The zero-order valence-corrected chi connectivity index (χ0v) is 17.3. The molecule has 4 saturated carbocycles. The van der Waals surface area contributed by atoms with E-state index in [0.717, 1.165) is 25.7 Å². The fourth-order valence-corrected chi connectivity index (χ4v) is 7.90. The van der Waals surface area contributed by atoms with Crippen molar-refractivity contribution in [2.45, 2.75) is 70.8 Å². The van der Waals surface area contributed by atoms with Crippen LogP contribution in [-0.2, 0) is 14.4 Å². The fraction of sp³-hybridized carbons (Fsp3) is 0.857. The summed E-state index contributed by atoms with van der Waals surface area (Å²) in [6, 6.07) is 0. The molecule has 0 spiro atoms. The highest BCUT2D eigenvalue weighted by Gasteiger charge is 2.68. The molecular weight excluding hydrogens is 396 g/mol. The van der Waals surface area contributed by atoms with Crippen molar-refractivity contribution in [1.82, 2.24) is 0 Å². The monoisotopic (exact) mass is 424 g/mol. The van der Waals surface area contributed by atoms with Crippen LogP contribution < -0.4 is 0 Å². The topological polar surface area (TPSA) is 71.4 Å². The minimum absolute atomic E-state index is 0.00570. The molecule has 4 aliphatic rings. The highest BCUT2D eigenvalue weighted by Crippen LogP contribution is 2.67. The van der Waals surface area contributed by atoms with E-state index in [2.05, 4.69) is 22.9 Å². The van der Waals surface area contributed by atoms with E-state index in [1.54, 1.807) is 0 Å². The first-order chi connectivity index (χ1) is 12.2. The average molecular weight is 425 g/mol. The van der Waals surface area contributed by atoms with Gasteiger partial charge in [-0.1, -0.05) is 29.8 Å². The van der Waals surface area contributed by atoms with Gasteiger partial charge in [0.2, 0.25) is 0 Å². The number of alkyl halides is 1. The van der Waals surface area contributed by atoms with Gasteiger partial charge in [0.25, 0.3) is 0 Å². The van der Waals surface area contributed by atoms with Crippen LogP contribution in [0.1, 0.15) is 65.2 Å². The summed E-state index contributed by atoms with van der Waals surface area (Å²) in [5, 5.41) is 11.4. The average Bonchev–Trinajstić information content (AvgIpc) is 2.86.